The van der Waals surface area contributed by atoms with E-state index in [2.05, 4.69) is 4.74 Å². The Bertz CT molecular complexity index is 425. The van der Waals surface area contributed by atoms with Crippen molar-refractivity contribution in [3.63, 3.8) is 0 Å². The molecule has 0 saturated carbocycles. The van der Waals surface area contributed by atoms with Crippen LogP contribution in [0.1, 0.15) is 10.4 Å². The second-order valence-corrected chi connectivity index (χ2v) is 2.80. The van der Waals surface area contributed by atoms with Crippen molar-refractivity contribution >= 4 is 5.78 Å². The molecule has 88 valence electrons. The number of hydrogen-bond acceptors (Lipinski definition) is 2. The number of rotatable bonds is 2. The first-order valence-electron chi connectivity index (χ1n) is 3.92. The fraction of sp³-hybridized carbons (Fsp3) is 0.222. The molecule has 0 bridgehead atoms. The summed E-state index contributed by atoms with van der Waals surface area (Å²) in [5, 5.41) is 0. The predicted octanol–water partition coefficient (Wildman–Crippen LogP) is 2.72. The molecule has 0 aliphatic heterocycles. The second kappa shape index (κ2) is 4.07. The van der Waals surface area contributed by atoms with Crippen molar-refractivity contribution in [2.45, 2.75) is 6.18 Å². The summed E-state index contributed by atoms with van der Waals surface area (Å²) in [6, 6.07) is 0.669. The van der Waals surface area contributed by atoms with Crippen LogP contribution < -0.4 is 4.74 Å². The number of ether oxygens (including phenoxy) is 1. The van der Waals surface area contributed by atoms with Gasteiger partial charge >= 0.3 is 6.18 Å². The lowest BCUT2D eigenvalue weighted by Gasteiger charge is -2.08. The molecule has 16 heavy (non-hydrogen) atoms. The van der Waals surface area contributed by atoms with Crippen LogP contribution in [0.15, 0.2) is 12.1 Å². The van der Waals surface area contributed by atoms with E-state index in [9.17, 15) is 26.7 Å². The Morgan fingerprint density at radius 2 is 1.81 bits per heavy atom. The molecule has 0 atom stereocenters. The topological polar surface area (TPSA) is 26.3 Å². The molecule has 1 rings (SSSR count). The van der Waals surface area contributed by atoms with Gasteiger partial charge in [-0.05, 0) is 12.1 Å². The molecule has 0 radical (unpaired) electrons. The third-order valence-electron chi connectivity index (χ3n) is 1.73. The highest BCUT2D eigenvalue weighted by Crippen LogP contribution is 2.27. The maximum absolute atomic E-state index is 12.8. The molecule has 0 spiro atoms. The minimum atomic E-state index is -5.14. The summed E-state index contributed by atoms with van der Waals surface area (Å²) in [4.78, 5) is 10.7. The van der Waals surface area contributed by atoms with Gasteiger partial charge in [-0.2, -0.15) is 17.6 Å². The SMILES string of the molecule is COc1cc(C(=O)C(F)(F)F)cc(F)c1F. The van der Waals surface area contributed by atoms with Gasteiger partial charge < -0.3 is 4.74 Å². The summed E-state index contributed by atoms with van der Waals surface area (Å²) >= 11 is 0. The van der Waals surface area contributed by atoms with Crippen molar-refractivity contribution in [2.24, 2.45) is 0 Å². The molecule has 0 amide bonds. The Hall–Kier alpha value is -1.66. The van der Waals surface area contributed by atoms with Gasteiger partial charge in [-0.15, -0.1) is 0 Å². The van der Waals surface area contributed by atoms with Gasteiger partial charge in [0, 0.05) is 5.56 Å². The van der Waals surface area contributed by atoms with Crippen molar-refractivity contribution < 1.29 is 31.5 Å². The molecule has 0 aromatic heterocycles. The lowest BCUT2D eigenvalue weighted by atomic mass is 10.1. The van der Waals surface area contributed by atoms with Crippen molar-refractivity contribution in [1.29, 1.82) is 0 Å². The lowest BCUT2D eigenvalue weighted by Crippen LogP contribution is -2.23. The van der Waals surface area contributed by atoms with E-state index in [1.54, 1.807) is 0 Å². The van der Waals surface area contributed by atoms with E-state index in [1.807, 2.05) is 0 Å². The number of halogens is 5. The second-order valence-electron chi connectivity index (χ2n) is 2.80. The zero-order chi connectivity index (χ0) is 12.5. The van der Waals surface area contributed by atoms with E-state index >= 15 is 0 Å². The molecule has 2 nitrogen and oxygen atoms in total. The third kappa shape index (κ3) is 2.29. The normalized spacial score (nSPS) is 11.4. The smallest absolute Gasteiger partial charge is 0.454 e. The molecule has 0 saturated heterocycles. The van der Waals surface area contributed by atoms with E-state index in [4.69, 9.17) is 0 Å². The van der Waals surface area contributed by atoms with Gasteiger partial charge in [-0.3, -0.25) is 4.79 Å². The zero-order valence-electron chi connectivity index (χ0n) is 7.86. The first kappa shape index (κ1) is 12.4. The van der Waals surface area contributed by atoms with Crippen LogP contribution in [-0.2, 0) is 0 Å². The molecule has 1 aromatic rings. The number of benzene rings is 1. The van der Waals surface area contributed by atoms with Gasteiger partial charge in [0.1, 0.15) is 0 Å². The van der Waals surface area contributed by atoms with Gasteiger partial charge in [0.25, 0.3) is 5.78 Å². The molecule has 0 fully saturated rings. The first-order chi connectivity index (χ1) is 7.27. The molecule has 0 aliphatic carbocycles. The monoisotopic (exact) mass is 240 g/mol. The minimum Gasteiger partial charge on any atom is -0.494 e. The van der Waals surface area contributed by atoms with Crippen LogP contribution in [0.4, 0.5) is 22.0 Å². The maximum atomic E-state index is 12.8. The Labute approximate surface area is 86.6 Å². The van der Waals surface area contributed by atoms with Crippen molar-refractivity contribution in [3.8, 4) is 5.75 Å². The third-order valence-corrected chi connectivity index (χ3v) is 1.73. The number of carbonyl (C=O) groups is 1. The predicted molar refractivity (Wildman–Crippen MR) is 43.3 cm³/mol. The first-order valence-corrected chi connectivity index (χ1v) is 3.92. The molecule has 0 aliphatic rings. The maximum Gasteiger partial charge on any atom is 0.454 e. The summed E-state index contributed by atoms with van der Waals surface area (Å²) in [7, 11) is 0.944. The summed E-state index contributed by atoms with van der Waals surface area (Å²) in [5.41, 5.74) is -1.01. The highest BCUT2D eigenvalue weighted by molar-refractivity contribution is 6.00. The van der Waals surface area contributed by atoms with Crippen LogP contribution in [-0.4, -0.2) is 19.1 Å². The van der Waals surface area contributed by atoms with Crippen molar-refractivity contribution in [2.75, 3.05) is 7.11 Å². The van der Waals surface area contributed by atoms with E-state index in [1.165, 1.54) is 0 Å². The van der Waals surface area contributed by atoms with Gasteiger partial charge in [-0.1, -0.05) is 0 Å². The summed E-state index contributed by atoms with van der Waals surface area (Å²) in [5.74, 6) is -6.04. The standard InChI is InChI=1S/C9H5F5O2/c1-16-6-3-4(2-5(10)7(6)11)8(15)9(12,13)14/h2-3H,1H3. The summed E-state index contributed by atoms with van der Waals surface area (Å²) < 4.78 is 65.9. The number of ketones is 1. The average molecular weight is 240 g/mol. The molecular weight excluding hydrogens is 235 g/mol. The lowest BCUT2D eigenvalue weighted by molar-refractivity contribution is -0.0885. The van der Waals surface area contributed by atoms with E-state index in [0.29, 0.717) is 6.07 Å². The zero-order valence-corrected chi connectivity index (χ0v) is 7.86. The summed E-state index contributed by atoms with van der Waals surface area (Å²) in [6.07, 6.45) is -5.14. The van der Waals surface area contributed by atoms with Gasteiger partial charge in [0.05, 0.1) is 7.11 Å². The molecule has 0 N–H and O–H groups in total. The number of alkyl halides is 3. The summed E-state index contributed by atoms with van der Waals surface area (Å²) in [6.45, 7) is 0. The highest BCUT2D eigenvalue weighted by Gasteiger charge is 2.40. The van der Waals surface area contributed by atoms with E-state index in [0.717, 1.165) is 7.11 Å². The molecule has 1 aromatic carbocycles. The van der Waals surface area contributed by atoms with Crippen molar-refractivity contribution in [1.82, 2.24) is 0 Å². The van der Waals surface area contributed by atoms with Gasteiger partial charge in [0.15, 0.2) is 11.6 Å². The van der Waals surface area contributed by atoms with Crippen LogP contribution in [0, 0.1) is 11.6 Å². The largest absolute Gasteiger partial charge is 0.494 e. The van der Waals surface area contributed by atoms with Gasteiger partial charge in [0.2, 0.25) is 5.82 Å². The number of carbonyl (C=O) groups excluding carboxylic acids is 1. The van der Waals surface area contributed by atoms with Crippen molar-refractivity contribution in [3.05, 3.63) is 29.3 Å². The average Bonchev–Trinajstić information content (AvgIpc) is 2.19. The number of hydrogen-bond donors (Lipinski definition) is 0. The molecule has 0 heterocycles. The van der Waals surface area contributed by atoms with Crippen LogP contribution >= 0.6 is 0 Å². The van der Waals surface area contributed by atoms with E-state index < -0.39 is 34.9 Å². The molecular formula is C9H5F5O2. The van der Waals surface area contributed by atoms with Gasteiger partial charge in [-0.25, -0.2) is 4.39 Å². The van der Waals surface area contributed by atoms with Crippen LogP contribution in [0.2, 0.25) is 0 Å². The Morgan fingerprint density at radius 3 is 2.25 bits per heavy atom. The minimum absolute atomic E-state index is 0.174. The number of methoxy groups -OCH3 is 1. The molecule has 0 unspecified atom stereocenters. The Morgan fingerprint density at radius 1 is 1.25 bits per heavy atom. The van der Waals surface area contributed by atoms with Crippen LogP contribution in [0.3, 0.4) is 0 Å². The quantitative estimate of drug-likeness (QED) is 0.586. The fourth-order valence-electron chi connectivity index (χ4n) is 1.01. The number of Topliss-reactive ketones (excluding diaryl/α,β-unsaturated/α-hetero) is 1. The molecule has 7 heteroatoms. The Balaban J connectivity index is 3.27. The highest BCUT2D eigenvalue weighted by atomic mass is 19.4. The fourth-order valence-corrected chi connectivity index (χ4v) is 1.01. The van der Waals surface area contributed by atoms with E-state index in [-0.39, 0.29) is 6.07 Å². The Kier molecular flexibility index (Phi) is 3.16. The van der Waals surface area contributed by atoms with Crippen LogP contribution in [0.5, 0.6) is 5.75 Å². The van der Waals surface area contributed by atoms with Crippen LogP contribution in [0.25, 0.3) is 0 Å².